The lowest BCUT2D eigenvalue weighted by Crippen LogP contribution is -2.34. The molecule has 1 aliphatic carbocycles. The number of hydrogen-bond donors (Lipinski definition) is 3. The lowest BCUT2D eigenvalue weighted by Gasteiger charge is -2.14. The fourth-order valence-electron chi connectivity index (χ4n) is 3.47. The minimum Gasteiger partial charge on any atom is -0.447 e. The molecule has 8 nitrogen and oxygen atoms in total. The molecule has 1 saturated carbocycles. The van der Waals surface area contributed by atoms with E-state index in [1.54, 1.807) is 19.9 Å². The van der Waals surface area contributed by atoms with E-state index in [1.165, 1.54) is 6.07 Å². The van der Waals surface area contributed by atoms with Crippen LogP contribution >= 0.6 is 0 Å². The molecule has 3 N–H and O–H groups in total. The normalized spacial score (nSPS) is 18.8. The van der Waals surface area contributed by atoms with Crippen LogP contribution < -0.4 is 10.6 Å². The highest BCUT2D eigenvalue weighted by atomic mass is 19.4. The Hall–Kier alpha value is -3.11. The number of alkyl halides is 3. The van der Waals surface area contributed by atoms with E-state index in [0.717, 1.165) is 31.0 Å². The molecule has 2 atom stereocenters. The number of ether oxygens (including phenoxy) is 1. The second-order valence-electron chi connectivity index (χ2n) is 7.77. The zero-order chi connectivity index (χ0) is 22.6. The predicted octanol–water partition coefficient (Wildman–Crippen LogP) is 3.78. The summed E-state index contributed by atoms with van der Waals surface area (Å²) in [4.78, 5) is 27.6. The first kappa shape index (κ1) is 22.6. The van der Waals surface area contributed by atoms with Crippen LogP contribution in [0.5, 0.6) is 0 Å². The second kappa shape index (κ2) is 9.36. The topological polar surface area (TPSA) is 109 Å². The summed E-state index contributed by atoms with van der Waals surface area (Å²) in [7, 11) is 0. The quantitative estimate of drug-likeness (QED) is 0.635. The van der Waals surface area contributed by atoms with Crippen LogP contribution in [0, 0.1) is 0 Å². The number of alkyl carbamates (subject to hydrolysis) is 1. The number of halogens is 3. The third kappa shape index (κ3) is 6.43. The molecular formula is C20H24F3N5O3. The van der Waals surface area contributed by atoms with Gasteiger partial charge in [-0.25, -0.2) is 4.79 Å². The number of H-pyrrole nitrogens is 1. The molecule has 1 aliphatic rings. The van der Waals surface area contributed by atoms with E-state index in [-0.39, 0.29) is 30.2 Å². The van der Waals surface area contributed by atoms with Gasteiger partial charge in [0.05, 0.1) is 18.1 Å². The number of nitrogens with one attached hydrogen (secondary N) is 3. The van der Waals surface area contributed by atoms with Crippen LogP contribution in [0.1, 0.15) is 56.0 Å². The van der Waals surface area contributed by atoms with Crippen LogP contribution in [-0.4, -0.2) is 39.3 Å². The van der Waals surface area contributed by atoms with E-state index < -0.39 is 23.7 Å². The van der Waals surface area contributed by atoms with Crippen LogP contribution in [-0.2, 0) is 22.1 Å². The zero-order valence-electron chi connectivity index (χ0n) is 17.1. The number of hydrogen-bond acceptors (Lipinski definition) is 5. The number of amides is 2. The summed E-state index contributed by atoms with van der Waals surface area (Å²) in [6, 6.07) is 3.79. The SMILES string of the molecule is CC(C)OC(=O)NC1CCC(c2cc(NC(=O)Cc3ccc(C(F)(F)F)cn3)n[nH]2)C1. The van der Waals surface area contributed by atoms with Crippen molar-refractivity contribution in [3.05, 3.63) is 41.3 Å². The maximum Gasteiger partial charge on any atom is 0.417 e. The smallest absolute Gasteiger partial charge is 0.417 e. The van der Waals surface area contributed by atoms with Crippen molar-refractivity contribution in [2.24, 2.45) is 0 Å². The van der Waals surface area contributed by atoms with Gasteiger partial charge in [0.15, 0.2) is 5.82 Å². The van der Waals surface area contributed by atoms with Crippen molar-refractivity contribution in [3.63, 3.8) is 0 Å². The van der Waals surface area contributed by atoms with Gasteiger partial charge in [0.1, 0.15) is 0 Å². The highest BCUT2D eigenvalue weighted by Crippen LogP contribution is 2.34. The molecule has 2 aromatic rings. The van der Waals surface area contributed by atoms with Crippen molar-refractivity contribution in [2.75, 3.05) is 5.32 Å². The van der Waals surface area contributed by atoms with Gasteiger partial charge in [0, 0.05) is 35.6 Å². The summed E-state index contributed by atoms with van der Waals surface area (Å²) >= 11 is 0. The number of nitrogens with zero attached hydrogens (tertiary/aromatic N) is 2. The molecule has 3 rings (SSSR count). The van der Waals surface area contributed by atoms with E-state index in [4.69, 9.17) is 4.74 Å². The molecule has 168 valence electrons. The monoisotopic (exact) mass is 439 g/mol. The Morgan fingerprint density at radius 2 is 2.06 bits per heavy atom. The average molecular weight is 439 g/mol. The van der Waals surface area contributed by atoms with Crippen LogP contribution in [0.3, 0.4) is 0 Å². The lowest BCUT2D eigenvalue weighted by molar-refractivity contribution is -0.137. The van der Waals surface area contributed by atoms with Gasteiger partial charge in [-0.05, 0) is 45.2 Å². The highest BCUT2D eigenvalue weighted by Gasteiger charge is 2.31. The van der Waals surface area contributed by atoms with Crippen molar-refractivity contribution in [1.82, 2.24) is 20.5 Å². The summed E-state index contributed by atoms with van der Waals surface area (Å²) < 4.78 is 42.8. The lowest BCUT2D eigenvalue weighted by atomic mass is 10.0. The van der Waals surface area contributed by atoms with Crippen LogP contribution in [0.4, 0.5) is 23.8 Å². The predicted molar refractivity (Wildman–Crippen MR) is 105 cm³/mol. The molecule has 0 aromatic carbocycles. The van der Waals surface area contributed by atoms with Gasteiger partial charge in [0.25, 0.3) is 0 Å². The van der Waals surface area contributed by atoms with Gasteiger partial charge in [-0.3, -0.25) is 14.9 Å². The number of carbonyl (C=O) groups excluding carboxylic acids is 2. The molecule has 0 radical (unpaired) electrons. The molecular weight excluding hydrogens is 415 g/mol. The van der Waals surface area contributed by atoms with Gasteiger partial charge in [-0.15, -0.1) is 0 Å². The molecule has 2 heterocycles. The molecule has 11 heteroatoms. The van der Waals surface area contributed by atoms with Crippen molar-refractivity contribution >= 4 is 17.8 Å². The van der Waals surface area contributed by atoms with E-state index >= 15 is 0 Å². The summed E-state index contributed by atoms with van der Waals surface area (Å²) in [6.07, 6.45) is -2.19. The van der Waals surface area contributed by atoms with Crippen molar-refractivity contribution < 1.29 is 27.5 Å². The Morgan fingerprint density at radius 3 is 2.71 bits per heavy atom. The number of aromatic nitrogens is 3. The molecule has 0 saturated heterocycles. The number of aromatic amines is 1. The first-order chi connectivity index (χ1) is 14.6. The molecule has 31 heavy (non-hydrogen) atoms. The summed E-state index contributed by atoms with van der Waals surface area (Å²) in [5.41, 5.74) is 0.194. The Labute approximate surface area is 177 Å². The van der Waals surface area contributed by atoms with Gasteiger partial charge in [-0.1, -0.05) is 0 Å². The van der Waals surface area contributed by atoms with E-state index in [2.05, 4.69) is 25.8 Å². The van der Waals surface area contributed by atoms with Gasteiger partial charge in [-0.2, -0.15) is 18.3 Å². The molecule has 0 spiro atoms. The molecule has 0 aliphatic heterocycles. The first-order valence-corrected chi connectivity index (χ1v) is 9.94. The third-order valence-electron chi connectivity index (χ3n) is 4.90. The number of carbonyl (C=O) groups is 2. The Kier molecular flexibility index (Phi) is 6.81. The van der Waals surface area contributed by atoms with E-state index in [0.29, 0.717) is 12.0 Å². The molecule has 1 fully saturated rings. The third-order valence-corrected chi connectivity index (χ3v) is 4.90. The number of pyridine rings is 1. The molecule has 2 unspecified atom stereocenters. The van der Waals surface area contributed by atoms with Gasteiger partial charge < -0.3 is 15.4 Å². The van der Waals surface area contributed by atoms with Crippen LogP contribution in [0.25, 0.3) is 0 Å². The van der Waals surface area contributed by atoms with Crippen molar-refractivity contribution in [2.45, 2.75) is 63.8 Å². The fraction of sp³-hybridized carbons (Fsp3) is 0.500. The van der Waals surface area contributed by atoms with Crippen molar-refractivity contribution in [3.8, 4) is 0 Å². The minimum absolute atomic E-state index is 0.00309. The Balaban J connectivity index is 1.49. The molecule has 2 aromatic heterocycles. The maximum absolute atomic E-state index is 12.6. The largest absolute Gasteiger partial charge is 0.447 e. The highest BCUT2D eigenvalue weighted by molar-refractivity contribution is 5.91. The number of rotatable bonds is 6. The average Bonchev–Trinajstić information content (AvgIpc) is 3.30. The van der Waals surface area contributed by atoms with Gasteiger partial charge >= 0.3 is 12.3 Å². The van der Waals surface area contributed by atoms with E-state index in [9.17, 15) is 22.8 Å². The summed E-state index contributed by atoms with van der Waals surface area (Å²) in [6.45, 7) is 3.57. The number of anilines is 1. The van der Waals surface area contributed by atoms with Crippen LogP contribution in [0.15, 0.2) is 24.4 Å². The maximum atomic E-state index is 12.6. The molecule has 2 amide bonds. The summed E-state index contributed by atoms with van der Waals surface area (Å²) in [5.74, 6) is 0.0364. The first-order valence-electron chi connectivity index (χ1n) is 9.94. The zero-order valence-corrected chi connectivity index (χ0v) is 17.1. The van der Waals surface area contributed by atoms with E-state index in [1.807, 2.05) is 0 Å². The summed E-state index contributed by atoms with van der Waals surface area (Å²) in [5, 5.41) is 12.4. The fourth-order valence-corrected chi connectivity index (χ4v) is 3.47. The van der Waals surface area contributed by atoms with Gasteiger partial charge in [0.2, 0.25) is 5.91 Å². The molecule has 0 bridgehead atoms. The second-order valence-corrected chi connectivity index (χ2v) is 7.77. The standard InChI is InChI=1S/C20H24F3N5O3/c1-11(2)31-19(30)25-15-5-3-12(7-15)16-9-17(28-27-16)26-18(29)8-14-6-4-13(10-24-14)20(21,22)23/h4,6,9-12,15H,3,5,7-8H2,1-2H3,(H,25,30)(H2,26,27,28,29). The Morgan fingerprint density at radius 1 is 1.29 bits per heavy atom. The minimum atomic E-state index is -4.47. The Bertz CT molecular complexity index is 912. The van der Waals surface area contributed by atoms with Crippen LogP contribution in [0.2, 0.25) is 0 Å². The van der Waals surface area contributed by atoms with Crippen molar-refractivity contribution in [1.29, 1.82) is 0 Å².